The maximum Gasteiger partial charge on any atom is 0.240 e. The van der Waals surface area contributed by atoms with Crippen molar-refractivity contribution in [3.05, 3.63) is 12.1 Å². The molecule has 0 aliphatic carbocycles. The van der Waals surface area contributed by atoms with Crippen molar-refractivity contribution in [2.45, 2.75) is 17.1 Å². The van der Waals surface area contributed by atoms with E-state index in [0.717, 1.165) is 35.1 Å². The van der Waals surface area contributed by atoms with Crippen molar-refractivity contribution in [3.63, 3.8) is 0 Å². The number of hydrogen-bond donors (Lipinski definition) is 1. The second-order valence-corrected chi connectivity index (χ2v) is 5.58. The van der Waals surface area contributed by atoms with Gasteiger partial charge >= 0.3 is 0 Å². The predicted octanol–water partition coefficient (Wildman–Crippen LogP) is 1.95. The zero-order chi connectivity index (χ0) is 12.0. The lowest BCUT2D eigenvalue weighted by atomic mass is 10.1. The standard InChI is InChI=1S/C12H14N2O2S/c1-7-12(15)14-4-3-13-9-5-8(16-2)6-10(17-7)11(9)14/h5-7,13H,3-4H2,1-2H3. The van der Waals surface area contributed by atoms with Crippen LogP contribution in [0.3, 0.4) is 0 Å². The van der Waals surface area contributed by atoms with Gasteiger partial charge < -0.3 is 15.0 Å². The summed E-state index contributed by atoms with van der Waals surface area (Å²) in [6.45, 7) is 3.50. The fraction of sp³-hybridized carbons (Fsp3) is 0.417. The Labute approximate surface area is 104 Å². The van der Waals surface area contributed by atoms with Crippen LogP contribution in [0.5, 0.6) is 5.75 Å². The number of nitrogens with one attached hydrogen (secondary N) is 1. The average molecular weight is 250 g/mol. The van der Waals surface area contributed by atoms with Crippen LogP contribution in [-0.2, 0) is 4.79 Å². The van der Waals surface area contributed by atoms with Crippen LogP contribution < -0.4 is 15.0 Å². The molecular formula is C12H14N2O2S. The van der Waals surface area contributed by atoms with Gasteiger partial charge in [0.1, 0.15) is 5.75 Å². The van der Waals surface area contributed by atoms with Gasteiger partial charge in [0, 0.05) is 24.1 Å². The van der Waals surface area contributed by atoms with Crippen LogP contribution in [0.25, 0.3) is 0 Å². The zero-order valence-electron chi connectivity index (χ0n) is 9.82. The summed E-state index contributed by atoms with van der Waals surface area (Å²) in [4.78, 5) is 15.1. The van der Waals surface area contributed by atoms with Crippen LogP contribution in [0.4, 0.5) is 11.4 Å². The molecule has 1 aromatic carbocycles. The first-order chi connectivity index (χ1) is 8.20. The molecule has 90 valence electrons. The van der Waals surface area contributed by atoms with Crippen LogP contribution >= 0.6 is 11.8 Å². The Balaban J connectivity index is 2.18. The summed E-state index contributed by atoms with van der Waals surface area (Å²) in [5.74, 6) is 1.04. The van der Waals surface area contributed by atoms with E-state index < -0.39 is 0 Å². The van der Waals surface area contributed by atoms with Gasteiger partial charge in [0.15, 0.2) is 0 Å². The molecule has 0 bridgehead atoms. The quantitative estimate of drug-likeness (QED) is 0.827. The number of methoxy groups -OCH3 is 1. The van der Waals surface area contributed by atoms with Gasteiger partial charge in [-0.1, -0.05) is 0 Å². The van der Waals surface area contributed by atoms with Crippen molar-refractivity contribution < 1.29 is 9.53 Å². The molecule has 0 saturated heterocycles. The lowest BCUT2D eigenvalue weighted by molar-refractivity contribution is -0.118. The normalized spacial score (nSPS) is 21.9. The van der Waals surface area contributed by atoms with Crippen LogP contribution in [0.15, 0.2) is 17.0 Å². The number of carbonyl (C=O) groups is 1. The first-order valence-electron chi connectivity index (χ1n) is 5.64. The largest absolute Gasteiger partial charge is 0.497 e. The lowest BCUT2D eigenvalue weighted by Crippen LogP contribution is -2.45. The second kappa shape index (κ2) is 3.84. The van der Waals surface area contributed by atoms with Crippen molar-refractivity contribution in [1.82, 2.24) is 0 Å². The Bertz CT molecular complexity index is 490. The lowest BCUT2D eigenvalue weighted by Gasteiger charge is -2.37. The average Bonchev–Trinajstić information content (AvgIpc) is 2.35. The Morgan fingerprint density at radius 2 is 2.35 bits per heavy atom. The summed E-state index contributed by atoms with van der Waals surface area (Å²) >= 11 is 1.61. The summed E-state index contributed by atoms with van der Waals surface area (Å²) in [5.41, 5.74) is 2.02. The van der Waals surface area contributed by atoms with E-state index in [-0.39, 0.29) is 11.2 Å². The highest BCUT2D eigenvalue weighted by Crippen LogP contribution is 2.46. The maximum absolute atomic E-state index is 12.1. The number of nitrogens with zero attached hydrogens (tertiary/aromatic N) is 1. The van der Waals surface area contributed by atoms with E-state index in [1.165, 1.54) is 0 Å². The van der Waals surface area contributed by atoms with Gasteiger partial charge in [-0.3, -0.25) is 4.79 Å². The molecule has 0 saturated carbocycles. The molecule has 0 radical (unpaired) electrons. The SMILES string of the molecule is COc1cc2c3c(c1)SC(C)C(=O)N3CCN2. The fourth-order valence-corrected chi connectivity index (χ4v) is 3.42. The first-order valence-corrected chi connectivity index (χ1v) is 6.52. The third kappa shape index (κ3) is 1.57. The molecule has 2 aliphatic rings. The summed E-state index contributed by atoms with van der Waals surface area (Å²) in [6, 6.07) is 3.96. The van der Waals surface area contributed by atoms with Gasteiger partial charge in [0.2, 0.25) is 5.91 Å². The van der Waals surface area contributed by atoms with Crippen LogP contribution in [-0.4, -0.2) is 31.4 Å². The van der Waals surface area contributed by atoms with Gasteiger partial charge in [0.05, 0.1) is 23.7 Å². The molecule has 1 aromatic rings. The number of benzene rings is 1. The van der Waals surface area contributed by atoms with E-state index in [0.29, 0.717) is 0 Å². The summed E-state index contributed by atoms with van der Waals surface area (Å²) in [6.07, 6.45) is 0. The third-order valence-electron chi connectivity index (χ3n) is 3.12. The Morgan fingerprint density at radius 3 is 3.12 bits per heavy atom. The van der Waals surface area contributed by atoms with Gasteiger partial charge in [-0.15, -0.1) is 11.8 Å². The highest BCUT2D eigenvalue weighted by molar-refractivity contribution is 8.01. The molecule has 4 nitrogen and oxygen atoms in total. The van der Waals surface area contributed by atoms with Crippen molar-refractivity contribution in [1.29, 1.82) is 0 Å². The molecule has 5 heteroatoms. The van der Waals surface area contributed by atoms with Crippen molar-refractivity contribution >= 4 is 29.0 Å². The van der Waals surface area contributed by atoms with E-state index in [4.69, 9.17) is 4.74 Å². The molecule has 1 N–H and O–H groups in total. The molecule has 0 aromatic heterocycles. The summed E-state index contributed by atoms with van der Waals surface area (Å²) in [7, 11) is 1.66. The van der Waals surface area contributed by atoms with Gasteiger partial charge in [-0.05, 0) is 13.0 Å². The molecule has 2 aliphatic heterocycles. The smallest absolute Gasteiger partial charge is 0.240 e. The number of carbonyl (C=O) groups excluding carboxylic acids is 1. The number of anilines is 2. The molecule has 0 spiro atoms. The topological polar surface area (TPSA) is 41.6 Å². The molecule has 1 unspecified atom stereocenters. The van der Waals surface area contributed by atoms with E-state index in [1.807, 2.05) is 24.0 Å². The highest BCUT2D eigenvalue weighted by Gasteiger charge is 2.34. The van der Waals surface area contributed by atoms with Gasteiger partial charge in [-0.25, -0.2) is 0 Å². The van der Waals surface area contributed by atoms with E-state index in [1.54, 1.807) is 18.9 Å². The Morgan fingerprint density at radius 1 is 1.53 bits per heavy atom. The second-order valence-electron chi connectivity index (χ2n) is 4.20. The molecule has 1 atom stereocenters. The fourth-order valence-electron chi connectivity index (χ4n) is 2.30. The van der Waals surface area contributed by atoms with Crippen LogP contribution in [0.2, 0.25) is 0 Å². The Kier molecular flexibility index (Phi) is 2.43. The third-order valence-corrected chi connectivity index (χ3v) is 4.24. The van der Waals surface area contributed by atoms with Crippen molar-refractivity contribution in [2.75, 3.05) is 30.4 Å². The van der Waals surface area contributed by atoms with E-state index in [9.17, 15) is 4.79 Å². The van der Waals surface area contributed by atoms with Crippen molar-refractivity contribution in [3.8, 4) is 5.75 Å². The molecule has 0 fully saturated rings. The van der Waals surface area contributed by atoms with Gasteiger partial charge in [0.25, 0.3) is 0 Å². The van der Waals surface area contributed by atoms with Crippen molar-refractivity contribution in [2.24, 2.45) is 0 Å². The molecule has 3 rings (SSSR count). The number of rotatable bonds is 1. The Hall–Kier alpha value is -1.36. The predicted molar refractivity (Wildman–Crippen MR) is 69.2 cm³/mol. The molecular weight excluding hydrogens is 236 g/mol. The number of hydrogen-bond acceptors (Lipinski definition) is 4. The summed E-state index contributed by atoms with van der Waals surface area (Å²) in [5, 5.41) is 3.31. The summed E-state index contributed by atoms with van der Waals surface area (Å²) < 4.78 is 5.29. The first kappa shape index (κ1) is 10.8. The van der Waals surface area contributed by atoms with Crippen LogP contribution in [0.1, 0.15) is 6.92 Å². The minimum absolute atomic E-state index is 0.0134. The zero-order valence-corrected chi connectivity index (χ0v) is 10.6. The van der Waals surface area contributed by atoms with Crippen LogP contribution in [0, 0.1) is 0 Å². The number of amides is 1. The maximum atomic E-state index is 12.1. The number of thioether (sulfide) groups is 1. The molecule has 2 heterocycles. The molecule has 1 amide bonds. The van der Waals surface area contributed by atoms with Gasteiger partial charge in [-0.2, -0.15) is 0 Å². The van der Waals surface area contributed by atoms with E-state index in [2.05, 4.69) is 5.32 Å². The minimum atomic E-state index is -0.0134. The van der Waals surface area contributed by atoms with E-state index >= 15 is 0 Å². The highest BCUT2D eigenvalue weighted by atomic mass is 32.2. The minimum Gasteiger partial charge on any atom is -0.497 e. The molecule has 17 heavy (non-hydrogen) atoms. The number of ether oxygens (including phenoxy) is 1. The monoisotopic (exact) mass is 250 g/mol.